The van der Waals surface area contributed by atoms with Gasteiger partial charge >= 0.3 is 7.80 Å². The lowest BCUT2D eigenvalue weighted by atomic mass is 9.86. The number of hydrogen-bond donors (Lipinski definition) is 0. The van der Waals surface area contributed by atoms with Crippen LogP contribution < -0.4 is 10.0 Å². The van der Waals surface area contributed by atoms with Crippen molar-refractivity contribution in [3.05, 3.63) is 58.6 Å². The van der Waals surface area contributed by atoms with E-state index in [0.717, 1.165) is 6.42 Å². The minimum Gasteiger partial charge on any atom is -0.496 e. The lowest BCUT2D eigenvalue weighted by molar-refractivity contribution is 0.103. The highest BCUT2D eigenvalue weighted by atomic mass is 35.5. The summed E-state index contributed by atoms with van der Waals surface area (Å²) in [6.45, 7) is 8.65. The summed E-state index contributed by atoms with van der Waals surface area (Å²) in [6, 6.07) is 12.2. The fraction of sp³-hybridized carbons (Fsp3) is 0.409. The van der Waals surface area contributed by atoms with Gasteiger partial charge in [0.05, 0.1) is 23.3 Å². The van der Waals surface area contributed by atoms with Crippen LogP contribution in [0.25, 0.3) is 0 Å². The molecule has 27 heavy (non-hydrogen) atoms. The summed E-state index contributed by atoms with van der Waals surface area (Å²) in [5.74, 6) is 0.449. The first-order chi connectivity index (χ1) is 12.6. The number of ether oxygens (including phenoxy) is 1. The topological polar surface area (TPSA) is 43.4 Å². The molecular weight excluding hydrogens is 379 g/mol. The summed E-state index contributed by atoms with van der Waals surface area (Å²) in [5, 5.41) is 0.908. The highest BCUT2D eigenvalue weighted by Crippen LogP contribution is 2.34. The molecule has 0 saturated heterocycles. The molecule has 2 aromatic rings. The number of rotatable bonds is 7. The zero-order chi connectivity index (χ0) is 20.2. The van der Waals surface area contributed by atoms with E-state index in [0.29, 0.717) is 39.3 Å². The van der Waals surface area contributed by atoms with Crippen molar-refractivity contribution in [2.75, 3.05) is 13.3 Å². The van der Waals surface area contributed by atoms with Gasteiger partial charge in [0.2, 0.25) is 11.1 Å². The van der Waals surface area contributed by atoms with Gasteiger partial charge in [0.1, 0.15) is 5.75 Å². The average Bonchev–Trinajstić information content (AvgIpc) is 2.59. The second-order valence-electron chi connectivity index (χ2n) is 8.09. The molecule has 0 heterocycles. The van der Waals surface area contributed by atoms with E-state index in [1.54, 1.807) is 36.4 Å². The van der Waals surface area contributed by atoms with Crippen molar-refractivity contribution >= 4 is 30.5 Å². The van der Waals surface area contributed by atoms with E-state index < -0.39 is 7.80 Å². The van der Waals surface area contributed by atoms with Crippen LogP contribution in [0.1, 0.15) is 50.0 Å². The molecule has 144 valence electrons. The number of hydrogen-bond acceptors (Lipinski definition) is 3. The highest BCUT2D eigenvalue weighted by Gasteiger charge is 2.32. The molecule has 0 radical (unpaired) electrons. The molecule has 0 aliphatic rings. The van der Waals surface area contributed by atoms with Gasteiger partial charge < -0.3 is 4.74 Å². The van der Waals surface area contributed by atoms with E-state index >= 15 is 0 Å². The van der Waals surface area contributed by atoms with E-state index in [4.69, 9.17) is 16.3 Å². The Morgan fingerprint density at radius 1 is 1.15 bits per heavy atom. The van der Waals surface area contributed by atoms with Crippen LogP contribution in [-0.4, -0.2) is 19.1 Å². The Balaban J connectivity index is 2.36. The van der Waals surface area contributed by atoms with E-state index in [-0.39, 0.29) is 11.2 Å². The van der Waals surface area contributed by atoms with E-state index in [1.807, 2.05) is 6.07 Å². The molecule has 0 fully saturated rings. The van der Waals surface area contributed by atoms with Gasteiger partial charge in [-0.25, -0.2) is 0 Å². The summed E-state index contributed by atoms with van der Waals surface area (Å²) in [6.07, 6.45) is 1.53. The van der Waals surface area contributed by atoms with Crippen molar-refractivity contribution < 1.29 is 14.1 Å². The molecule has 0 aliphatic carbocycles. The average molecular weight is 406 g/mol. The summed E-state index contributed by atoms with van der Waals surface area (Å²) < 4.78 is 18.4. The predicted molar refractivity (Wildman–Crippen MR) is 113 cm³/mol. The number of carbonyl (C=O) groups excluding carboxylic acids is 1. The van der Waals surface area contributed by atoms with Gasteiger partial charge in [-0.15, -0.1) is 0 Å². The van der Waals surface area contributed by atoms with Crippen LogP contribution in [0.2, 0.25) is 5.02 Å². The van der Waals surface area contributed by atoms with E-state index in [1.165, 1.54) is 7.11 Å². The quantitative estimate of drug-likeness (QED) is 0.412. The third-order valence-electron chi connectivity index (χ3n) is 4.28. The molecule has 2 aromatic carbocycles. The van der Waals surface area contributed by atoms with Crippen LogP contribution in [0.3, 0.4) is 0 Å². The van der Waals surface area contributed by atoms with Gasteiger partial charge in [-0.2, -0.15) is 0 Å². The number of halogens is 1. The van der Waals surface area contributed by atoms with Crippen molar-refractivity contribution in [3.63, 3.8) is 0 Å². The molecule has 0 bridgehead atoms. The zero-order valence-electron chi connectivity index (χ0n) is 16.6. The molecule has 2 atom stereocenters. The molecule has 0 saturated carbocycles. The van der Waals surface area contributed by atoms with Gasteiger partial charge in [0.25, 0.3) is 0 Å². The van der Waals surface area contributed by atoms with Crippen molar-refractivity contribution in [1.82, 2.24) is 0 Å². The fourth-order valence-electron chi connectivity index (χ4n) is 3.40. The van der Waals surface area contributed by atoms with Gasteiger partial charge in [0.15, 0.2) is 6.16 Å². The number of benzene rings is 2. The largest absolute Gasteiger partial charge is 0.496 e. The maximum Gasteiger partial charge on any atom is 0.377 e. The lowest BCUT2D eigenvalue weighted by Crippen LogP contribution is -2.18. The third kappa shape index (κ3) is 5.64. The minimum atomic E-state index is -1.69. The Kier molecular flexibility index (Phi) is 7.19. The monoisotopic (exact) mass is 405 g/mol. The Morgan fingerprint density at radius 3 is 2.44 bits per heavy atom. The van der Waals surface area contributed by atoms with Gasteiger partial charge in [-0.3, -0.25) is 4.79 Å². The molecular formula is C22H27ClO3P+. The predicted octanol–water partition coefficient (Wildman–Crippen LogP) is 6.10. The van der Waals surface area contributed by atoms with Crippen molar-refractivity contribution in [2.24, 2.45) is 11.3 Å². The highest BCUT2D eigenvalue weighted by molar-refractivity contribution is 7.53. The second-order valence-corrected chi connectivity index (χ2v) is 10.1. The third-order valence-corrected chi connectivity index (χ3v) is 6.48. The fourth-order valence-corrected chi connectivity index (χ4v) is 5.24. The first kappa shape index (κ1) is 21.6. The summed E-state index contributed by atoms with van der Waals surface area (Å²) in [4.78, 5) is 13.2. The summed E-state index contributed by atoms with van der Waals surface area (Å²) in [7, 11) is -0.187. The molecule has 5 heteroatoms. The number of ketones is 1. The van der Waals surface area contributed by atoms with Gasteiger partial charge in [-0.1, -0.05) is 62.1 Å². The van der Waals surface area contributed by atoms with Crippen LogP contribution in [0.5, 0.6) is 5.75 Å². The first-order valence-corrected chi connectivity index (χ1v) is 10.9. The minimum absolute atomic E-state index is 0.176. The molecule has 0 aromatic heterocycles. The Labute approximate surface area is 167 Å². The lowest BCUT2D eigenvalue weighted by Gasteiger charge is -2.20. The molecule has 2 unspecified atom stereocenters. The second kappa shape index (κ2) is 8.99. The zero-order valence-corrected chi connectivity index (χ0v) is 18.2. The summed E-state index contributed by atoms with van der Waals surface area (Å²) >= 11 is 6.27. The smallest absolute Gasteiger partial charge is 0.377 e. The van der Waals surface area contributed by atoms with Crippen LogP contribution in [0.4, 0.5) is 0 Å². The van der Waals surface area contributed by atoms with Crippen LogP contribution in [0.15, 0.2) is 42.5 Å². The van der Waals surface area contributed by atoms with Crippen LogP contribution >= 0.6 is 19.4 Å². The van der Waals surface area contributed by atoms with Crippen molar-refractivity contribution in [1.29, 1.82) is 0 Å². The van der Waals surface area contributed by atoms with Gasteiger partial charge in [0, 0.05) is 5.92 Å². The Morgan fingerprint density at radius 2 is 1.81 bits per heavy atom. The van der Waals surface area contributed by atoms with E-state index in [9.17, 15) is 9.36 Å². The van der Waals surface area contributed by atoms with Crippen LogP contribution in [-0.2, 0) is 4.57 Å². The normalized spacial score (nSPS) is 13.2. The SMILES string of the molecule is COc1cccc(Cl)c1C(=O)c1ccccc1[P+](=O)CC(C)CC(C)(C)C. The van der Waals surface area contributed by atoms with Crippen molar-refractivity contribution in [3.8, 4) is 5.75 Å². The van der Waals surface area contributed by atoms with Crippen LogP contribution in [0, 0.1) is 11.3 Å². The Bertz CT molecular complexity index is 840. The molecule has 3 nitrogen and oxygen atoms in total. The molecule has 0 N–H and O–H groups in total. The standard InChI is InChI=1S/C22H27ClO3P/c1-15(13-22(2,3)4)14-27(25)19-12-7-6-9-16(19)21(24)20-17(23)10-8-11-18(20)26-5/h6-12,15H,13-14H2,1-5H3/q+1. The molecule has 0 aliphatic heterocycles. The maximum absolute atomic E-state index is 13.2. The molecule has 0 spiro atoms. The maximum atomic E-state index is 13.2. The first-order valence-electron chi connectivity index (χ1n) is 9.05. The Hall–Kier alpha value is -1.70. The van der Waals surface area contributed by atoms with E-state index in [2.05, 4.69) is 27.7 Å². The number of methoxy groups -OCH3 is 1. The molecule has 0 amide bonds. The molecule has 2 rings (SSSR count). The number of carbonyl (C=O) groups is 1. The van der Waals surface area contributed by atoms with Crippen molar-refractivity contribution in [2.45, 2.75) is 34.1 Å². The van der Waals surface area contributed by atoms with Gasteiger partial charge in [-0.05, 0) is 36.1 Å². The summed E-state index contributed by atoms with van der Waals surface area (Å²) in [5.41, 5.74) is 0.906.